The minimum atomic E-state index is -0.385. The molecule has 0 spiro atoms. The first-order valence-corrected chi connectivity index (χ1v) is 5.99. The van der Waals surface area contributed by atoms with Gasteiger partial charge in [0.05, 0.1) is 0 Å². The molecule has 3 heteroatoms. The Kier molecular flexibility index (Phi) is 4.14. The van der Waals surface area contributed by atoms with E-state index in [0.717, 1.165) is 19.0 Å². The zero-order valence-corrected chi connectivity index (χ0v) is 10.3. The van der Waals surface area contributed by atoms with E-state index >= 15 is 0 Å². The molecule has 1 rings (SSSR count). The molecule has 0 aromatic carbocycles. The summed E-state index contributed by atoms with van der Waals surface area (Å²) in [5.74, 6) is 0.951. The van der Waals surface area contributed by atoms with Gasteiger partial charge in [0.15, 0.2) is 0 Å². The molecule has 2 N–H and O–H groups in total. The van der Waals surface area contributed by atoms with Crippen molar-refractivity contribution in [2.45, 2.75) is 52.0 Å². The van der Waals surface area contributed by atoms with Gasteiger partial charge in [-0.25, -0.2) is 0 Å². The molecule has 88 valence electrons. The summed E-state index contributed by atoms with van der Waals surface area (Å²) in [5.41, 5.74) is 5.47. The molecule has 0 bridgehead atoms. The van der Waals surface area contributed by atoms with Gasteiger partial charge in [-0.2, -0.15) is 0 Å². The molecule has 0 unspecified atom stereocenters. The Bertz CT molecular complexity index is 216. The third-order valence-electron chi connectivity index (χ3n) is 3.04. The Hall–Kier alpha value is -0.570. The number of hydrogen-bond acceptors (Lipinski definition) is 2. The van der Waals surface area contributed by atoms with E-state index in [1.54, 1.807) is 0 Å². The Morgan fingerprint density at radius 2 is 2.07 bits per heavy atom. The topological polar surface area (TPSA) is 46.3 Å². The first-order valence-electron chi connectivity index (χ1n) is 5.99. The predicted molar refractivity (Wildman–Crippen MR) is 62.5 cm³/mol. The van der Waals surface area contributed by atoms with Crippen LogP contribution in [0.2, 0.25) is 0 Å². The maximum absolute atomic E-state index is 11.9. The average Bonchev–Trinajstić information content (AvgIpc) is 1.98. The van der Waals surface area contributed by atoms with Gasteiger partial charge in [-0.1, -0.05) is 6.42 Å². The van der Waals surface area contributed by atoms with Crippen molar-refractivity contribution in [3.63, 3.8) is 0 Å². The van der Waals surface area contributed by atoms with Crippen molar-refractivity contribution < 1.29 is 4.79 Å². The number of rotatable bonds is 5. The van der Waals surface area contributed by atoms with Gasteiger partial charge in [0, 0.05) is 25.0 Å². The van der Waals surface area contributed by atoms with Crippen molar-refractivity contribution in [2.24, 2.45) is 11.7 Å². The highest BCUT2D eigenvalue weighted by Gasteiger charge is 2.25. The highest BCUT2D eigenvalue weighted by molar-refractivity contribution is 5.77. The van der Waals surface area contributed by atoms with Crippen molar-refractivity contribution in [2.75, 3.05) is 13.1 Å². The van der Waals surface area contributed by atoms with Crippen LogP contribution in [-0.4, -0.2) is 29.4 Å². The van der Waals surface area contributed by atoms with Gasteiger partial charge in [0.2, 0.25) is 5.91 Å². The van der Waals surface area contributed by atoms with Crippen LogP contribution in [0, 0.1) is 5.92 Å². The second-order valence-electron chi connectivity index (χ2n) is 5.39. The third kappa shape index (κ3) is 4.20. The van der Waals surface area contributed by atoms with E-state index in [2.05, 4.69) is 0 Å². The first kappa shape index (κ1) is 12.5. The Morgan fingerprint density at radius 1 is 1.47 bits per heavy atom. The van der Waals surface area contributed by atoms with E-state index in [9.17, 15) is 4.79 Å². The lowest BCUT2D eigenvalue weighted by molar-refractivity contribution is -0.133. The first-order chi connectivity index (χ1) is 6.92. The van der Waals surface area contributed by atoms with Crippen molar-refractivity contribution >= 4 is 5.91 Å². The summed E-state index contributed by atoms with van der Waals surface area (Å²) in [6.07, 6.45) is 4.36. The van der Waals surface area contributed by atoms with Crippen molar-refractivity contribution in [1.82, 2.24) is 4.90 Å². The molecule has 0 aromatic heterocycles. The predicted octanol–water partition coefficient (Wildman–Crippen LogP) is 1.76. The van der Waals surface area contributed by atoms with Gasteiger partial charge in [-0.15, -0.1) is 0 Å². The highest BCUT2D eigenvalue weighted by atomic mass is 16.2. The lowest BCUT2D eigenvalue weighted by Gasteiger charge is -2.33. The Labute approximate surface area is 93.0 Å². The van der Waals surface area contributed by atoms with Gasteiger partial charge in [0.1, 0.15) is 0 Å². The normalized spacial score (nSPS) is 17.3. The molecule has 1 saturated carbocycles. The SMILES string of the molecule is CCN(CC1CCC1)C(=O)CC(C)(C)N. The fourth-order valence-corrected chi connectivity index (χ4v) is 1.90. The quantitative estimate of drug-likeness (QED) is 0.755. The van der Waals surface area contributed by atoms with E-state index in [-0.39, 0.29) is 11.4 Å². The van der Waals surface area contributed by atoms with Gasteiger partial charge < -0.3 is 10.6 Å². The van der Waals surface area contributed by atoms with Crippen molar-refractivity contribution in [1.29, 1.82) is 0 Å². The van der Waals surface area contributed by atoms with Crippen LogP contribution < -0.4 is 5.73 Å². The fourth-order valence-electron chi connectivity index (χ4n) is 1.90. The van der Waals surface area contributed by atoms with Crippen LogP contribution >= 0.6 is 0 Å². The maximum atomic E-state index is 11.9. The van der Waals surface area contributed by atoms with Gasteiger partial charge in [-0.05, 0) is 39.5 Å². The second kappa shape index (κ2) is 4.97. The molecule has 0 aliphatic heterocycles. The molecule has 15 heavy (non-hydrogen) atoms. The van der Waals surface area contributed by atoms with Gasteiger partial charge in [0.25, 0.3) is 0 Å². The average molecular weight is 212 g/mol. The summed E-state index contributed by atoms with van der Waals surface area (Å²) < 4.78 is 0. The third-order valence-corrected chi connectivity index (χ3v) is 3.04. The van der Waals surface area contributed by atoms with Crippen LogP contribution in [0.5, 0.6) is 0 Å². The zero-order valence-electron chi connectivity index (χ0n) is 10.3. The van der Waals surface area contributed by atoms with E-state index in [0.29, 0.717) is 6.42 Å². The monoisotopic (exact) mass is 212 g/mol. The number of carbonyl (C=O) groups excluding carboxylic acids is 1. The van der Waals surface area contributed by atoms with Crippen LogP contribution in [0.15, 0.2) is 0 Å². The Morgan fingerprint density at radius 3 is 2.40 bits per heavy atom. The molecule has 1 amide bonds. The van der Waals surface area contributed by atoms with E-state index in [1.807, 2.05) is 25.7 Å². The molecule has 1 aliphatic rings. The summed E-state index contributed by atoms with van der Waals surface area (Å²) in [7, 11) is 0. The van der Waals surface area contributed by atoms with Crippen molar-refractivity contribution in [3.8, 4) is 0 Å². The Balaban J connectivity index is 2.39. The highest BCUT2D eigenvalue weighted by Crippen LogP contribution is 2.27. The molecular weight excluding hydrogens is 188 g/mol. The maximum Gasteiger partial charge on any atom is 0.224 e. The standard InChI is InChI=1S/C12H24N2O/c1-4-14(9-10-6-5-7-10)11(15)8-12(2,3)13/h10H,4-9,13H2,1-3H3. The molecule has 3 nitrogen and oxygen atoms in total. The molecule has 0 saturated heterocycles. The van der Waals surface area contributed by atoms with Crippen LogP contribution in [-0.2, 0) is 4.79 Å². The summed E-state index contributed by atoms with van der Waals surface area (Å²) in [4.78, 5) is 13.9. The van der Waals surface area contributed by atoms with Gasteiger partial charge in [-0.3, -0.25) is 4.79 Å². The van der Waals surface area contributed by atoms with Crippen LogP contribution in [0.3, 0.4) is 0 Å². The smallest absolute Gasteiger partial charge is 0.224 e. The molecule has 0 aromatic rings. The number of amides is 1. The van der Waals surface area contributed by atoms with Gasteiger partial charge >= 0.3 is 0 Å². The summed E-state index contributed by atoms with van der Waals surface area (Å²) in [5, 5.41) is 0. The molecule has 0 heterocycles. The van der Waals surface area contributed by atoms with E-state index < -0.39 is 0 Å². The largest absolute Gasteiger partial charge is 0.343 e. The van der Waals surface area contributed by atoms with Crippen LogP contribution in [0.4, 0.5) is 0 Å². The molecule has 0 radical (unpaired) electrons. The molecule has 1 aliphatic carbocycles. The zero-order chi connectivity index (χ0) is 11.5. The number of carbonyl (C=O) groups is 1. The second-order valence-corrected chi connectivity index (χ2v) is 5.39. The van der Waals surface area contributed by atoms with Crippen LogP contribution in [0.25, 0.3) is 0 Å². The number of hydrogen-bond donors (Lipinski definition) is 1. The molecule has 1 fully saturated rings. The van der Waals surface area contributed by atoms with Crippen LogP contribution in [0.1, 0.15) is 46.5 Å². The van der Waals surface area contributed by atoms with Crippen molar-refractivity contribution in [3.05, 3.63) is 0 Å². The van der Waals surface area contributed by atoms with E-state index in [4.69, 9.17) is 5.73 Å². The number of nitrogens with two attached hydrogens (primary N) is 1. The lowest BCUT2D eigenvalue weighted by Crippen LogP contribution is -2.43. The molecular formula is C12H24N2O. The summed E-state index contributed by atoms with van der Waals surface area (Å²) in [6, 6.07) is 0. The lowest BCUT2D eigenvalue weighted by atomic mass is 9.85. The minimum Gasteiger partial charge on any atom is -0.343 e. The minimum absolute atomic E-state index is 0.205. The molecule has 0 atom stereocenters. The summed E-state index contributed by atoms with van der Waals surface area (Å²) in [6.45, 7) is 7.60. The van der Waals surface area contributed by atoms with E-state index in [1.165, 1.54) is 19.3 Å². The number of nitrogens with zero attached hydrogens (tertiary/aromatic N) is 1. The fraction of sp³-hybridized carbons (Fsp3) is 0.917. The summed E-state index contributed by atoms with van der Waals surface area (Å²) >= 11 is 0.